The molecule has 118 valence electrons. The molecule has 2 rings (SSSR count). The first-order chi connectivity index (χ1) is 10.6. The molecule has 1 atom stereocenters. The number of hydrogen-bond acceptors (Lipinski definition) is 3. The van der Waals surface area contributed by atoms with Gasteiger partial charge in [0.05, 0.1) is 6.61 Å². The van der Waals surface area contributed by atoms with E-state index in [2.05, 4.69) is 32.1 Å². The first-order valence-electron chi connectivity index (χ1n) is 8.02. The Morgan fingerprint density at radius 1 is 1.32 bits per heavy atom. The van der Waals surface area contributed by atoms with Crippen molar-refractivity contribution in [3.05, 3.63) is 47.5 Å². The predicted molar refractivity (Wildman–Crippen MR) is 90.2 cm³/mol. The van der Waals surface area contributed by atoms with Gasteiger partial charge < -0.3 is 4.74 Å². The summed E-state index contributed by atoms with van der Waals surface area (Å²) in [6.07, 6.45) is 5.31. The molecular weight excluding hydrogens is 274 g/mol. The maximum atomic E-state index is 12.5. The Morgan fingerprint density at radius 2 is 2.05 bits per heavy atom. The minimum absolute atomic E-state index is 0.178. The minimum atomic E-state index is -0.701. The van der Waals surface area contributed by atoms with Gasteiger partial charge in [-0.15, -0.1) is 0 Å². The molecule has 0 saturated carbocycles. The Kier molecular flexibility index (Phi) is 5.53. The highest BCUT2D eigenvalue weighted by Gasteiger charge is 2.42. The molecule has 1 aromatic carbocycles. The van der Waals surface area contributed by atoms with Crippen molar-refractivity contribution in [1.29, 1.82) is 0 Å². The number of rotatable bonds is 6. The van der Waals surface area contributed by atoms with Crippen LogP contribution in [0.25, 0.3) is 0 Å². The molecule has 1 aromatic rings. The van der Waals surface area contributed by atoms with Crippen LogP contribution in [0.1, 0.15) is 52.0 Å². The van der Waals surface area contributed by atoms with Gasteiger partial charge in [-0.05, 0) is 52.0 Å². The van der Waals surface area contributed by atoms with Crippen molar-refractivity contribution in [2.75, 3.05) is 6.61 Å². The predicted octanol–water partition coefficient (Wildman–Crippen LogP) is 4.32. The number of ether oxygens (including phenoxy) is 1. The number of benzene rings is 1. The number of nitrogens with zero attached hydrogens (tertiary/aromatic N) is 1. The first kappa shape index (κ1) is 16.5. The zero-order valence-corrected chi connectivity index (χ0v) is 13.8. The summed E-state index contributed by atoms with van der Waals surface area (Å²) in [5.74, 6) is -0.178. The molecule has 0 N–H and O–H groups in total. The lowest BCUT2D eigenvalue weighted by atomic mass is 9.90. The van der Waals surface area contributed by atoms with Crippen molar-refractivity contribution in [1.82, 2.24) is 0 Å². The number of allylic oxidation sites excluding steroid dienone is 2. The van der Waals surface area contributed by atoms with Gasteiger partial charge in [0.25, 0.3) is 0 Å². The van der Waals surface area contributed by atoms with E-state index in [0.29, 0.717) is 13.0 Å². The van der Waals surface area contributed by atoms with Crippen molar-refractivity contribution in [3.8, 4) is 0 Å². The average Bonchev–Trinajstić information content (AvgIpc) is 2.94. The molecular formula is C19H25NO2. The molecule has 0 aliphatic carbocycles. The fourth-order valence-electron chi connectivity index (χ4n) is 2.83. The van der Waals surface area contributed by atoms with Crippen molar-refractivity contribution >= 4 is 11.7 Å². The lowest BCUT2D eigenvalue weighted by molar-refractivity contribution is -0.149. The van der Waals surface area contributed by atoms with Crippen LogP contribution in [0.3, 0.4) is 0 Å². The summed E-state index contributed by atoms with van der Waals surface area (Å²) in [6.45, 7) is 6.40. The highest BCUT2D eigenvalue weighted by molar-refractivity contribution is 6.04. The van der Waals surface area contributed by atoms with E-state index in [1.165, 1.54) is 5.57 Å². The van der Waals surface area contributed by atoms with Gasteiger partial charge in [0.1, 0.15) is 0 Å². The maximum absolute atomic E-state index is 12.5. The van der Waals surface area contributed by atoms with Gasteiger partial charge in [-0.3, -0.25) is 4.99 Å². The monoisotopic (exact) mass is 299 g/mol. The van der Waals surface area contributed by atoms with E-state index in [4.69, 9.17) is 9.73 Å². The fourth-order valence-corrected chi connectivity index (χ4v) is 2.83. The van der Waals surface area contributed by atoms with Crippen LogP contribution in [0.5, 0.6) is 0 Å². The Balaban J connectivity index is 2.24. The molecule has 1 unspecified atom stereocenters. The van der Waals surface area contributed by atoms with Crippen LogP contribution in [0.2, 0.25) is 0 Å². The second kappa shape index (κ2) is 7.39. The molecule has 0 spiro atoms. The number of carbonyl (C=O) groups excluding carboxylic acids is 1. The third kappa shape index (κ3) is 3.85. The SMILES string of the molecule is CCOC(=O)C1(CCC=C(C)C)CCC(c2ccccc2)=N1. The third-order valence-corrected chi connectivity index (χ3v) is 4.00. The maximum Gasteiger partial charge on any atom is 0.334 e. The Morgan fingerprint density at radius 3 is 2.68 bits per heavy atom. The molecule has 1 heterocycles. The Bertz CT molecular complexity index is 570. The molecule has 1 aliphatic heterocycles. The lowest BCUT2D eigenvalue weighted by Gasteiger charge is -2.23. The molecule has 0 bridgehead atoms. The van der Waals surface area contributed by atoms with Gasteiger partial charge in [-0.2, -0.15) is 0 Å². The number of carbonyl (C=O) groups is 1. The van der Waals surface area contributed by atoms with Crippen LogP contribution < -0.4 is 0 Å². The molecule has 0 radical (unpaired) electrons. The van der Waals surface area contributed by atoms with Gasteiger partial charge in [-0.25, -0.2) is 4.79 Å². The van der Waals surface area contributed by atoms with Crippen LogP contribution in [-0.2, 0) is 9.53 Å². The van der Waals surface area contributed by atoms with Crippen LogP contribution in [0, 0.1) is 0 Å². The smallest absolute Gasteiger partial charge is 0.334 e. The van der Waals surface area contributed by atoms with E-state index >= 15 is 0 Å². The van der Waals surface area contributed by atoms with E-state index in [9.17, 15) is 4.79 Å². The number of esters is 1. The molecule has 3 heteroatoms. The van der Waals surface area contributed by atoms with E-state index in [0.717, 1.165) is 30.5 Å². The molecule has 1 aliphatic rings. The van der Waals surface area contributed by atoms with Crippen molar-refractivity contribution in [3.63, 3.8) is 0 Å². The Hall–Kier alpha value is -1.90. The van der Waals surface area contributed by atoms with Gasteiger partial charge >= 0.3 is 5.97 Å². The van der Waals surface area contributed by atoms with Crippen LogP contribution in [0.15, 0.2) is 47.0 Å². The van der Waals surface area contributed by atoms with E-state index < -0.39 is 5.54 Å². The summed E-state index contributed by atoms with van der Waals surface area (Å²) in [5.41, 5.74) is 2.69. The second-order valence-corrected chi connectivity index (χ2v) is 6.00. The molecule has 0 saturated heterocycles. The van der Waals surface area contributed by atoms with Crippen molar-refractivity contribution < 1.29 is 9.53 Å². The summed E-state index contributed by atoms with van der Waals surface area (Å²) in [7, 11) is 0. The highest BCUT2D eigenvalue weighted by atomic mass is 16.5. The summed E-state index contributed by atoms with van der Waals surface area (Å²) < 4.78 is 5.30. The summed E-state index contributed by atoms with van der Waals surface area (Å²) in [5, 5.41) is 0. The zero-order chi connectivity index (χ0) is 16.0. The van der Waals surface area contributed by atoms with Gasteiger partial charge in [-0.1, -0.05) is 42.0 Å². The van der Waals surface area contributed by atoms with E-state index in [1.54, 1.807) is 0 Å². The zero-order valence-electron chi connectivity index (χ0n) is 13.8. The summed E-state index contributed by atoms with van der Waals surface area (Å²) >= 11 is 0. The quantitative estimate of drug-likeness (QED) is 0.579. The number of hydrogen-bond donors (Lipinski definition) is 0. The largest absolute Gasteiger partial charge is 0.464 e. The van der Waals surface area contributed by atoms with Crippen molar-refractivity contribution in [2.45, 2.75) is 52.0 Å². The molecule has 0 amide bonds. The van der Waals surface area contributed by atoms with Gasteiger partial charge in [0.15, 0.2) is 5.54 Å². The minimum Gasteiger partial charge on any atom is -0.464 e. The molecule has 0 fully saturated rings. The summed E-state index contributed by atoms with van der Waals surface area (Å²) in [4.78, 5) is 17.3. The van der Waals surface area contributed by atoms with Crippen LogP contribution >= 0.6 is 0 Å². The Labute approximate surface area is 133 Å². The van der Waals surface area contributed by atoms with Crippen LogP contribution in [0.4, 0.5) is 0 Å². The van der Waals surface area contributed by atoms with Gasteiger partial charge in [0, 0.05) is 5.71 Å². The topological polar surface area (TPSA) is 38.7 Å². The third-order valence-electron chi connectivity index (χ3n) is 4.00. The molecule has 22 heavy (non-hydrogen) atoms. The van der Waals surface area contributed by atoms with E-state index in [1.807, 2.05) is 25.1 Å². The molecule has 3 nitrogen and oxygen atoms in total. The normalized spacial score (nSPS) is 20.4. The van der Waals surface area contributed by atoms with Gasteiger partial charge in [0.2, 0.25) is 0 Å². The second-order valence-electron chi connectivity index (χ2n) is 6.00. The average molecular weight is 299 g/mol. The summed E-state index contributed by atoms with van der Waals surface area (Å²) in [6, 6.07) is 10.1. The fraction of sp³-hybridized carbons (Fsp3) is 0.474. The first-order valence-corrected chi connectivity index (χ1v) is 8.02. The van der Waals surface area contributed by atoms with Crippen LogP contribution in [-0.4, -0.2) is 23.8 Å². The van der Waals surface area contributed by atoms with Crippen molar-refractivity contribution in [2.24, 2.45) is 4.99 Å². The number of aliphatic imine (C=N–C) groups is 1. The standard InChI is InChI=1S/C19H25NO2/c1-4-22-18(21)19(13-8-9-15(2)3)14-12-17(20-19)16-10-6-5-7-11-16/h5-7,9-11H,4,8,12-14H2,1-3H3. The lowest BCUT2D eigenvalue weighted by Crippen LogP contribution is -2.36. The van der Waals surface area contributed by atoms with E-state index in [-0.39, 0.29) is 5.97 Å². The molecule has 0 aromatic heterocycles. The highest BCUT2D eigenvalue weighted by Crippen LogP contribution is 2.34.